The summed E-state index contributed by atoms with van der Waals surface area (Å²) >= 11 is 0. The van der Waals surface area contributed by atoms with Crippen LogP contribution >= 0.6 is 10.5 Å². The molecule has 0 atom stereocenters. The van der Waals surface area contributed by atoms with Crippen LogP contribution in [0, 0.1) is 0 Å². The molecule has 0 heterocycles. The SMILES string of the molecule is CS(C)=C(S(C)(=O)=O)S(C)(=O)=O. The van der Waals surface area contributed by atoms with Crippen molar-refractivity contribution < 1.29 is 16.8 Å². The Kier molecular flexibility index (Phi) is 3.50. The summed E-state index contributed by atoms with van der Waals surface area (Å²) in [5, 5.41) is 0. The van der Waals surface area contributed by atoms with Crippen LogP contribution < -0.4 is 0 Å². The maximum atomic E-state index is 11.0. The summed E-state index contributed by atoms with van der Waals surface area (Å²) < 4.78 is 43.7. The second kappa shape index (κ2) is 3.47. The van der Waals surface area contributed by atoms with E-state index in [2.05, 4.69) is 0 Å². The van der Waals surface area contributed by atoms with E-state index in [1.165, 1.54) is 0 Å². The Labute approximate surface area is 75.7 Å². The van der Waals surface area contributed by atoms with Crippen LogP contribution in [-0.4, -0.2) is 45.4 Å². The second-order valence-electron chi connectivity index (χ2n) is 2.61. The molecule has 0 aromatic carbocycles. The molecular weight excluding hydrogens is 220 g/mol. The van der Waals surface area contributed by atoms with E-state index >= 15 is 0 Å². The molecule has 0 bridgehead atoms. The van der Waals surface area contributed by atoms with Gasteiger partial charge in [0.05, 0.1) is 0 Å². The highest BCUT2D eigenvalue weighted by Gasteiger charge is 2.23. The van der Waals surface area contributed by atoms with Crippen molar-refractivity contribution in [3.8, 4) is 0 Å². The van der Waals surface area contributed by atoms with E-state index < -0.39 is 30.2 Å². The quantitative estimate of drug-likeness (QED) is 0.537. The highest BCUT2D eigenvalue weighted by molar-refractivity contribution is 8.47. The molecule has 0 spiro atoms. The molecule has 0 amide bonds. The Morgan fingerprint density at radius 3 is 1.17 bits per heavy atom. The van der Waals surface area contributed by atoms with Crippen LogP contribution in [0.5, 0.6) is 0 Å². The van der Waals surface area contributed by atoms with Gasteiger partial charge < -0.3 is 0 Å². The van der Waals surface area contributed by atoms with Gasteiger partial charge in [-0.15, -0.1) is 0 Å². The van der Waals surface area contributed by atoms with E-state index in [4.69, 9.17) is 0 Å². The molecule has 4 nitrogen and oxygen atoms in total. The first-order valence-corrected chi connectivity index (χ1v) is 8.74. The normalized spacial score (nSPS) is 13.4. The Bertz CT molecular complexity index is 360. The van der Waals surface area contributed by atoms with Gasteiger partial charge in [0, 0.05) is 12.5 Å². The van der Waals surface area contributed by atoms with Crippen LogP contribution in [0.15, 0.2) is 0 Å². The average Bonchev–Trinajstić information content (AvgIpc) is 1.49. The minimum atomic E-state index is -3.58. The summed E-state index contributed by atoms with van der Waals surface area (Å²) in [6.07, 6.45) is 4.96. The van der Waals surface area contributed by atoms with Crippen LogP contribution in [0.1, 0.15) is 0 Å². The molecule has 0 radical (unpaired) electrons. The third kappa shape index (κ3) is 3.24. The van der Waals surface area contributed by atoms with E-state index in [0.717, 1.165) is 12.5 Å². The first-order valence-electron chi connectivity index (χ1n) is 2.91. The van der Waals surface area contributed by atoms with Gasteiger partial charge in [0.1, 0.15) is 0 Å². The zero-order valence-corrected chi connectivity index (χ0v) is 9.81. The lowest BCUT2D eigenvalue weighted by Crippen LogP contribution is -2.22. The third-order valence-corrected chi connectivity index (χ3v) is 8.45. The standard InChI is InChI=1S/C5H12O4S3/c1-10(2)5(11(3,6)7)12(4,8)9/h1-4H3. The molecule has 12 heavy (non-hydrogen) atoms. The van der Waals surface area contributed by atoms with Gasteiger partial charge in [0.15, 0.2) is 23.2 Å². The van der Waals surface area contributed by atoms with Crippen molar-refractivity contribution in [1.29, 1.82) is 0 Å². The summed E-state index contributed by atoms with van der Waals surface area (Å²) in [5.74, 6) is 0. The van der Waals surface area contributed by atoms with Crippen molar-refractivity contribution >= 4 is 33.7 Å². The molecule has 0 fully saturated rings. The maximum absolute atomic E-state index is 11.0. The van der Waals surface area contributed by atoms with E-state index in [-0.39, 0.29) is 3.53 Å². The summed E-state index contributed by atoms with van der Waals surface area (Å²) in [6.45, 7) is 0. The molecule has 0 aliphatic carbocycles. The zero-order chi connectivity index (χ0) is 10.2. The molecule has 7 heteroatoms. The molecule has 0 saturated carbocycles. The van der Waals surface area contributed by atoms with Crippen molar-refractivity contribution in [1.82, 2.24) is 0 Å². The Balaban J connectivity index is 5.80. The van der Waals surface area contributed by atoms with Crippen molar-refractivity contribution in [3.63, 3.8) is 0 Å². The van der Waals surface area contributed by atoms with Gasteiger partial charge in [-0.3, -0.25) is 0 Å². The summed E-state index contributed by atoms with van der Waals surface area (Å²) in [6, 6.07) is 0. The zero-order valence-electron chi connectivity index (χ0n) is 7.36. The molecule has 0 aliphatic heterocycles. The highest BCUT2D eigenvalue weighted by Crippen LogP contribution is 2.12. The Morgan fingerprint density at radius 1 is 0.917 bits per heavy atom. The molecular formula is C5H12O4S3. The summed E-state index contributed by atoms with van der Waals surface area (Å²) in [5.41, 5.74) is 0. The number of hydrogen-bond acceptors (Lipinski definition) is 4. The lowest BCUT2D eigenvalue weighted by molar-refractivity contribution is 0.609. The van der Waals surface area contributed by atoms with Gasteiger partial charge >= 0.3 is 0 Å². The molecule has 0 saturated heterocycles. The smallest absolute Gasteiger partial charge is 0.191 e. The monoisotopic (exact) mass is 232 g/mol. The Hall–Kier alpha value is 0.120. The number of hydrogen-bond donors (Lipinski definition) is 0. The van der Waals surface area contributed by atoms with Gasteiger partial charge in [0.25, 0.3) is 0 Å². The predicted molar refractivity (Wildman–Crippen MR) is 54.1 cm³/mol. The van der Waals surface area contributed by atoms with Crippen molar-refractivity contribution in [2.24, 2.45) is 0 Å². The van der Waals surface area contributed by atoms with Gasteiger partial charge in [0.2, 0.25) is 0 Å². The van der Waals surface area contributed by atoms with Crippen molar-refractivity contribution in [2.45, 2.75) is 0 Å². The number of sulfone groups is 2. The fourth-order valence-corrected chi connectivity index (χ4v) is 7.92. The molecule has 0 aromatic heterocycles. The van der Waals surface area contributed by atoms with E-state index in [0.29, 0.717) is 0 Å². The van der Waals surface area contributed by atoms with Gasteiger partial charge in [-0.05, 0) is 12.5 Å². The summed E-state index contributed by atoms with van der Waals surface area (Å²) in [4.78, 5) is 0. The fraction of sp³-hybridized carbons (Fsp3) is 0.800. The van der Waals surface area contributed by atoms with E-state index in [9.17, 15) is 16.8 Å². The average molecular weight is 232 g/mol. The molecule has 0 aliphatic rings. The van der Waals surface area contributed by atoms with Crippen molar-refractivity contribution in [2.75, 3.05) is 25.0 Å². The predicted octanol–water partition coefficient (Wildman–Crippen LogP) is -0.308. The topological polar surface area (TPSA) is 68.3 Å². The molecule has 74 valence electrons. The van der Waals surface area contributed by atoms with Gasteiger partial charge in [-0.1, -0.05) is 0 Å². The molecule has 0 unspecified atom stereocenters. The molecule has 0 aromatic rings. The Morgan fingerprint density at radius 2 is 1.17 bits per heavy atom. The largest absolute Gasteiger partial charge is 0.223 e. The minimum absolute atomic E-state index is 0.366. The first kappa shape index (κ1) is 12.1. The van der Waals surface area contributed by atoms with Crippen LogP contribution in [0.3, 0.4) is 0 Å². The van der Waals surface area contributed by atoms with E-state index in [1.54, 1.807) is 12.5 Å². The lowest BCUT2D eigenvalue weighted by Gasteiger charge is -2.04. The van der Waals surface area contributed by atoms with E-state index in [1.807, 2.05) is 0 Å². The van der Waals surface area contributed by atoms with Gasteiger partial charge in [-0.25, -0.2) is 16.8 Å². The first-order chi connectivity index (χ1) is 5.07. The molecule has 0 N–H and O–H groups in total. The summed E-state index contributed by atoms with van der Waals surface area (Å²) in [7, 11) is -7.91. The minimum Gasteiger partial charge on any atom is -0.223 e. The van der Waals surface area contributed by atoms with Crippen LogP contribution in [0.4, 0.5) is 0 Å². The maximum Gasteiger partial charge on any atom is 0.191 e. The van der Waals surface area contributed by atoms with Gasteiger partial charge in [-0.2, -0.15) is 10.5 Å². The van der Waals surface area contributed by atoms with Crippen LogP contribution in [0.2, 0.25) is 0 Å². The second-order valence-corrected chi connectivity index (χ2v) is 9.33. The highest BCUT2D eigenvalue weighted by atomic mass is 32.3. The van der Waals surface area contributed by atoms with Crippen LogP contribution in [-0.2, 0) is 19.7 Å². The lowest BCUT2D eigenvalue weighted by atomic mass is 11.8. The fourth-order valence-electron chi connectivity index (χ4n) is 0.880. The number of rotatable bonds is 0. The van der Waals surface area contributed by atoms with Crippen LogP contribution in [0.25, 0.3) is 0 Å². The van der Waals surface area contributed by atoms with Crippen molar-refractivity contribution in [3.05, 3.63) is 0 Å². The third-order valence-electron chi connectivity index (χ3n) is 0.939. The molecule has 0 rings (SSSR count).